The van der Waals surface area contributed by atoms with Gasteiger partial charge in [0.15, 0.2) is 0 Å². The van der Waals surface area contributed by atoms with Gasteiger partial charge in [-0.05, 0) is 61.8 Å². The van der Waals surface area contributed by atoms with Gasteiger partial charge in [0.1, 0.15) is 0 Å². The number of ether oxygens (including phenoxy) is 1. The number of anilines is 1. The number of benzene rings is 2. The molecule has 0 aromatic heterocycles. The Morgan fingerprint density at radius 2 is 1.71 bits per heavy atom. The molecule has 2 bridgehead atoms. The van der Waals surface area contributed by atoms with Gasteiger partial charge in [-0.15, -0.1) is 0 Å². The summed E-state index contributed by atoms with van der Waals surface area (Å²) in [6, 6.07) is 15.1. The van der Waals surface area contributed by atoms with Crippen molar-refractivity contribution < 1.29 is 14.3 Å². The lowest BCUT2D eigenvalue weighted by Crippen LogP contribution is -2.30. The van der Waals surface area contributed by atoms with Crippen LogP contribution in [0.15, 0.2) is 60.7 Å². The summed E-state index contributed by atoms with van der Waals surface area (Å²) in [4.78, 5) is 25.9. The van der Waals surface area contributed by atoms with Crippen LogP contribution in [0.1, 0.15) is 35.6 Å². The minimum atomic E-state index is -0.961. The molecule has 2 aliphatic carbocycles. The maximum absolute atomic E-state index is 13.0. The second-order valence-electron chi connectivity index (χ2n) is 7.98. The van der Waals surface area contributed by atoms with Gasteiger partial charge in [-0.25, -0.2) is 0 Å². The number of esters is 1. The zero-order valence-corrected chi connectivity index (χ0v) is 16.2. The molecule has 1 saturated carbocycles. The van der Waals surface area contributed by atoms with Crippen LogP contribution in [0.2, 0.25) is 0 Å². The number of fused-ring (bicyclic) bond motifs is 2. The summed E-state index contributed by atoms with van der Waals surface area (Å²) in [6.07, 6.45) is 5.19. The fourth-order valence-corrected chi connectivity index (χ4v) is 4.41. The lowest BCUT2D eigenvalue weighted by Gasteiger charge is -2.22. The van der Waals surface area contributed by atoms with Crippen LogP contribution in [0.3, 0.4) is 0 Å². The number of hydrogen-bond donors (Lipinski definition) is 1. The second-order valence-corrected chi connectivity index (χ2v) is 7.98. The van der Waals surface area contributed by atoms with Gasteiger partial charge in [-0.1, -0.05) is 48.6 Å². The first kappa shape index (κ1) is 18.5. The standard InChI is InChI=1S/C24H25NO3/c1-15-10-16(2)12-20(11-15)25-23(26)22(18-6-4-3-5-7-18)28-24(27)21-14-17-8-9-19(21)13-17/h3-12,17,19,21-22H,13-14H2,1-2H3,(H,25,26)/t17-,19-,21-,22+/m0/s1. The van der Waals surface area contributed by atoms with Crippen LogP contribution in [0.25, 0.3) is 0 Å². The first-order valence-corrected chi connectivity index (χ1v) is 9.82. The molecule has 28 heavy (non-hydrogen) atoms. The molecule has 144 valence electrons. The van der Waals surface area contributed by atoms with Crippen LogP contribution in [0, 0.1) is 31.6 Å². The van der Waals surface area contributed by atoms with Crippen LogP contribution in [-0.2, 0) is 14.3 Å². The van der Waals surface area contributed by atoms with E-state index in [4.69, 9.17) is 4.74 Å². The molecule has 0 radical (unpaired) electrons. The van der Waals surface area contributed by atoms with Crippen molar-refractivity contribution in [2.45, 2.75) is 32.8 Å². The van der Waals surface area contributed by atoms with E-state index >= 15 is 0 Å². The highest BCUT2D eigenvalue weighted by molar-refractivity contribution is 5.96. The molecule has 2 aromatic rings. The molecule has 0 unspecified atom stereocenters. The van der Waals surface area contributed by atoms with E-state index < -0.39 is 6.10 Å². The van der Waals surface area contributed by atoms with E-state index in [0.29, 0.717) is 17.2 Å². The zero-order chi connectivity index (χ0) is 19.7. The van der Waals surface area contributed by atoms with Crippen molar-refractivity contribution in [2.75, 3.05) is 5.32 Å². The Morgan fingerprint density at radius 3 is 2.32 bits per heavy atom. The number of nitrogens with one attached hydrogen (secondary N) is 1. The molecule has 1 N–H and O–H groups in total. The van der Waals surface area contributed by atoms with Gasteiger partial charge < -0.3 is 10.1 Å². The third-order valence-electron chi connectivity index (χ3n) is 5.65. The maximum Gasteiger partial charge on any atom is 0.310 e. The van der Waals surface area contributed by atoms with E-state index in [1.807, 2.05) is 62.4 Å². The van der Waals surface area contributed by atoms with Crippen LogP contribution < -0.4 is 5.32 Å². The minimum Gasteiger partial charge on any atom is -0.447 e. The molecule has 0 spiro atoms. The third-order valence-corrected chi connectivity index (χ3v) is 5.65. The normalized spacial score (nSPS) is 23.4. The number of hydrogen-bond acceptors (Lipinski definition) is 3. The van der Waals surface area contributed by atoms with Crippen molar-refractivity contribution in [3.63, 3.8) is 0 Å². The van der Waals surface area contributed by atoms with Crippen molar-refractivity contribution in [2.24, 2.45) is 17.8 Å². The van der Waals surface area contributed by atoms with E-state index in [2.05, 4.69) is 17.5 Å². The predicted molar refractivity (Wildman–Crippen MR) is 109 cm³/mol. The Balaban J connectivity index is 1.54. The number of carbonyl (C=O) groups is 2. The fraction of sp³-hybridized carbons (Fsp3) is 0.333. The van der Waals surface area contributed by atoms with Crippen molar-refractivity contribution in [1.82, 2.24) is 0 Å². The average Bonchev–Trinajstić information content (AvgIpc) is 3.29. The predicted octanol–water partition coefficient (Wildman–Crippen LogP) is 4.74. The van der Waals surface area contributed by atoms with E-state index in [9.17, 15) is 9.59 Å². The molecular weight excluding hydrogens is 350 g/mol. The Labute approximate surface area is 165 Å². The molecule has 4 atom stereocenters. The number of carbonyl (C=O) groups excluding carboxylic acids is 2. The summed E-state index contributed by atoms with van der Waals surface area (Å²) in [5, 5.41) is 2.92. The highest BCUT2D eigenvalue weighted by Gasteiger charge is 2.42. The molecule has 4 nitrogen and oxygen atoms in total. The highest BCUT2D eigenvalue weighted by atomic mass is 16.5. The largest absolute Gasteiger partial charge is 0.447 e. The van der Waals surface area contributed by atoms with Gasteiger partial charge >= 0.3 is 5.97 Å². The maximum atomic E-state index is 13.0. The summed E-state index contributed by atoms with van der Waals surface area (Å²) >= 11 is 0. The van der Waals surface area contributed by atoms with Gasteiger partial charge in [0.2, 0.25) is 6.10 Å². The van der Waals surface area contributed by atoms with Gasteiger partial charge in [-0.3, -0.25) is 9.59 Å². The van der Waals surface area contributed by atoms with E-state index in [0.717, 1.165) is 24.0 Å². The van der Waals surface area contributed by atoms with Gasteiger partial charge in [-0.2, -0.15) is 0 Å². The number of allylic oxidation sites excluding steroid dienone is 2. The first-order valence-electron chi connectivity index (χ1n) is 9.82. The van der Waals surface area contributed by atoms with Crippen molar-refractivity contribution >= 4 is 17.6 Å². The molecular formula is C24H25NO3. The lowest BCUT2D eigenvalue weighted by molar-refractivity contribution is -0.159. The Morgan fingerprint density at radius 1 is 1.00 bits per heavy atom. The number of rotatable bonds is 5. The third kappa shape index (κ3) is 3.86. The summed E-state index contributed by atoms with van der Waals surface area (Å²) in [6.45, 7) is 3.97. The molecule has 0 heterocycles. The lowest BCUT2D eigenvalue weighted by atomic mass is 9.93. The smallest absolute Gasteiger partial charge is 0.310 e. The molecule has 0 saturated heterocycles. The number of amides is 1. The summed E-state index contributed by atoms with van der Waals surface area (Å²) in [5.41, 5.74) is 3.52. The molecule has 0 aliphatic heterocycles. The Hall–Kier alpha value is -2.88. The van der Waals surface area contributed by atoms with Crippen molar-refractivity contribution in [3.8, 4) is 0 Å². The van der Waals surface area contributed by atoms with Crippen LogP contribution in [0.5, 0.6) is 0 Å². The monoisotopic (exact) mass is 375 g/mol. The summed E-state index contributed by atoms with van der Waals surface area (Å²) in [7, 11) is 0. The number of aryl methyl sites for hydroxylation is 2. The van der Waals surface area contributed by atoms with Gasteiger partial charge in [0.05, 0.1) is 5.92 Å². The Bertz CT molecular complexity index is 898. The van der Waals surface area contributed by atoms with E-state index in [1.165, 1.54) is 0 Å². The molecule has 4 heteroatoms. The first-order chi connectivity index (χ1) is 13.5. The van der Waals surface area contributed by atoms with Gasteiger partial charge in [0, 0.05) is 11.3 Å². The fourth-order valence-electron chi connectivity index (χ4n) is 4.41. The van der Waals surface area contributed by atoms with Crippen LogP contribution in [-0.4, -0.2) is 11.9 Å². The minimum absolute atomic E-state index is 0.143. The van der Waals surface area contributed by atoms with Crippen molar-refractivity contribution in [1.29, 1.82) is 0 Å². The zero-order valence-electron chi connectivity index (χ0n) is 16.2. The second kappa shape index (κ2) is 7.63. The SMILES string of the molecule is Cc1cc(C)cc(NC(=O)[C@H](OC(=O)[C@H]2C[C@H]3C=C[C@H]2C3)c2ccccc2)c1. The van der Waals surface area contributed by atoms with E-state index in [1.54, 1.807) is 0 Å². The van der Waals surface area contributed by atoms with Gasteiger partial charge in [0.25, 0.3) is 5.91 Å². The molecule has 4 rings (SSSR count). The molecule has 1 amide bonds. The average molecular weight is 375 g/mol. The Kier molecular flexibility index (Phi) is 5.03. The molecule has 2 aliphatic rings. The molecule has 1 fully saturated rings. The van der Waals surface area contributed by atoms with Crippen molar-refractivity contribution in [3.05, 3.63) is 77.4 Å². The summed E-state index contributed by atoms with van der Waals surface area (Å²) in [5.74, 6) is -0.0296. The van der Waals surface area contributed by atoms with E-state index in [-0.39, 0.29) is 23.7 Å². The molecule has 2 aromatic carbocycles. The quantitative estimate of drug-likeness (QED) is 0.607. The summed E-state index contributed by atoms with van der Waals surface area (Å²) < 4.78 is 5.78. The van der Waals surface area contributed by atoms with Crippen LogP contribution in [0.4, 0.5) is 5.69 Å². The highest BCUT2D eigenvalue weighted by Crippen LogP contribution is 2.44. The van der Waals surface area contributed by atoms with Crippen LogP contribution >= 0.6 is 0 Å². The topological polar surface area (TPSA) is 55.4 Å².